The van der Waals surface area contributed by atoms with Gasteiger partial charge in [0.25, 0.3) is 0 Å². The summed E-state index contributed by atoms with van der Waals surface area (Å²) in [4.78, 5) is 20.1. The van der Waals surface area contributed by atoms with Gasteiger partial charge in [-0.15, -0.1) is 11.3 Å². The predicted molar refractivity (Wildman–Crippen MR) is 160 cm³/mol. The number of benzene rings is 3. The van der Waals surface area contributed by atoms with Crippen molar-refractivity contribution in [2.24, 2.45) is 5.73 Å². The third kappa shape index (κ3) is 6.13. The third-order valence-electron chi connectivity index (χ3n) is 7.53. The fourth-order valence-corrected chi connectivity index (χ4v) is 6.29. The summed E-state index contributed by atoms with van der Waals surface area (Å²) in [5.74, 6) is 1.93. The van der Waals surface area contributed by atoms with Crippen molar-refractivity contribution in [1.82, 2.24) is 9.88 Å². The number of carbonyl (C=O) groups excluding carboxylic acids is 1. The Bertz CT molecular complexity index is 1480. The van der Waals surface area contributed by atoms with E-state index in [0.717, 1.165) is 59.3 Å². The maximum atomic E-state index is 11.6. The number of nitrogens with two attached hydrogens (primary N) is 1. The molecule has 0 bridgehead atoms. The van der Waals surface area contributed by atoms with Crippen molar-refractivity contribution >= 4 is 22.9 Å². The van der Waals surface area contributed by atoms with Gasteiger partial charge >= 0.3 is 0 Å². The number of piperidine rings is 1. The Kier molecular flexibility index (Phi) is 7.97. The number of carbonyl (C=O) groups is 1. The van der Waals surface area contributed by atoms with Crippen molar-refractivity contribution in [3.05, 3.63) is 88.4 Å². The van der Waals surface area contributed by atoms with E-state index in [0.29, 0.717) is 17.9 Å². The Morgan fingerprint density at radius 3 is 2.73 bits per heavy atom. The van der Waals surface area contributed by atoms with Crippen LogP contribution >= 0.6 is 11.3 Å². The molecular weight excluding hydrogens is 520 g/mol. The third-order valence-corrected chi connectivity index (χ3v) is 8.57. The minimum Gasteiger partial charge on any atom is -0.494 e. The van der Waals surface area contributed by atoms with Gasteiger partial charge in [0.15, 0.2) is 5.75 Å². The van der Waals surface area contributed by atoms with Crippen LogP contribution in [0.2, 0.25) is 0 Å². The molecule has 206 valence electrons. The monoisotopic (exact) mass is 554 g/mol. The van der Waals surface area contributed by atoms with Gasteiger partial charge in [0.1, 0.15) is 16.5 Å². The van der Waals surface area contributed by atoms with Crippen molar-refractivity contribution in [3.8, 4) is 27.8 Å². The lowest BCUT2D eigenvalue weighted by atomic mass is 10.0. The van der Waals surface area contributed by atoms with E-state index in [2.05, 4.69) is 28.4 Å². The van der Waals surface area contributed by atoms with Gasteiger partial charge in [-0.1, -0.05) is 18.6 Å². The van der Waals surface area contributed by atoms with E-state index >= 15 is 0 Å². The molecule has 4 aromatic rings. The molecule has 2 aliphatic rings. The molecular formula is C32H34N4O3S. The van der Waals surface area contributed by atoms with Gasteiger partial charge in [-0.2, -0.15) is 0 Å². The summed E-state index contributed by atoms with van der Waals surface area (Å²) in [5.41, 5.74) is 10.0. The van der Waals surface area contributed by atoms with Crippen molar-refractivity contribution < 1.29 is 14.3 Å². The highest BCUT2D eigenvalue weighted by atomic mass is 32.1. The number of likely N-dealkylation sites (tertiary alicyclic amines) is 1. The molecule has 7 nitrogen and oxygen atoms in total. The first-order valence-electron chi connectivity index (χ1n) is 14.0. The van der Waals surface area contributed by atoms with Crippen molar-refractivity contribution in [3.63, 3.8) is 0 Å². The number of thiazole rings is 1. The zero-order valence-electron chi connectivity index (χ0n) is 22.5. The SMILES string of the molecule is NC(=O)c1ccc2c(c1)NCc1c(Cc3cnc(-c4ccc(OCCCN5CCCCC5)cc4)s3)cccc1O2. The van der Waals surface area contributed by atoms with Gasteiger partial charge in [0, 0.05) is 47.3 Å². The number of aromatic nitrogens is 1. The first-order valence-corrected chi connectivity index (χ1v) is 14.8. The summed E-state index contributed by atoms with van der Waals surface area (Å²) in [5, 5.41) is 4.41. The number of anilines is 1. The largest absolute Gasteiger partial charge is 0.494 e. The van der Waals surface area contributed by atoms with Gasteiger partial charge in [-0.25, -0.2) is 4.98 Å². The van der Waals surface area contributed by atoms with Crippen molar-refractivity contribution in [1.29, 1.82) is 0 Å². The molecule has 3 aromatic carbocycles. The second-order valence-corrected chi connectivity index (χ2v) is 11.5. The molecule has 3 N–H and O–H groups in total. The molecule has 0 aliphatic carbocycles. The number of ether oxygens (including phenoxy) is 2. The number of amides is 1. The summed E-state index contributed by atoms with van der Waals surface area (Å²) in [6.07, 6.45) is 7.81. The van der Waals surface area contributed by atoms with Crippen LogP contribution in [0.1, 0.15) is 52.0 Å². The second kappa shape index (κ2) is 12.1. The van der Waals surface area contributed by atoms with Crippen LogP contribution in [0.25, 0.3) is 10.6 Å². The van der Waals surface area contributed by atoms with Crippen molar-refractivity contribution in [2.45, 2.75) is 38.6 Å². The molecule has 0 radical (unpaired) electrons. The van der Waals surface area contributed by atoms with E-state index in [1.165, 1.54) is 42.8 Å². The number of fused-ring (bicyclic) bond motifs is 2. The van der Waals surface area contributed by atoms with Crippen LogP contribution in [0.3, 0.4) is 0 Å². The topological polar surface area (TPSA) is 89.7 Å². The molecule has 3 heterocycles. The van der Waals surface area contributed by atoms with E-state index < -0.39 is 5.91 Å². The maximum Gasteiger partial charge on any atom is 0.248 e. The standard InChI is InChI=1S/C32H34N4O3S/c33-31(37)24-10-13-30-28(19-24)34-21-27-23(6-4-7-29(27)39-30)18-26-20-35-32(40-26)22-8-11-25(12-9-22)38-17-5-16-36-14-2-1-3-15-36/h4,6-13,19-20,34H,1-3,5,14-18,21H2,(H2,33,37). The van der Waals surface area contributed by atoms with Gasteiger partial charge in [0.05, 0.1) is 12.3 Å². The highest BCUT2D eigenvalue weighted by Crippen LogP contribution is 2.38. The fraction of sp³-hybridized carbons (Fsp3) is 0.312. The Morgan fingerprint density at radius 1 is 1.05 bits per heavy atom. The average molecular weight is 555 g/mol. The number of hydrogen-bond donors (Lipinski definition) is 2. The van der Waals surface area contributed by atoms with E-state index in [4.69, 9.17) is 20.2 Å². The van der Waals surface area contributed by atoms with Gasteiger partial charge in [-0.05, 0) is 86.4 Å². The normalized spacial score (nSPS) is 14.8. The Labute approximate surface area is 239 Å². The summed E-state index contributed by atoms with van der Waals surface area (Å²) < 4.78 is 12.2. The average Bonchev–Trinajstić information content (AvgIpc) is 3.36. The molecule has 1 aromatic heterocycles. The molecule has 0 saturated carbocycles. The summed E-state index contributed by atoms with van der Waals surface area (Å²) in [6, 6.07) is 19.6. The highest BCUT2D eigenvalue weighted by molar-refractivity contribution is 7.15. The van der Waals surface area contributed by atoms with E-state index in [1.807, 2.05) is 30.5 Å². The van der Waals surface area contributed by atoms with Gasteiger partial charge < -0.3 is 25.4 Å². The molecule has 1 amide bonds. The summed E-state index contributed by atoms with van der Waals surface area (Å²) >= 11 is 1.70. The highest BCUT2D eigenvalue weighted by Gasteiger charge is 2.19. The van der Waals surface area contributed by atoms with Gasteiger partial charge in [-0.3, -0.25) is 4.79 Å². The van der Waals surface area contributed by atoms with E-state index in [9.17, 15) is 4.79 Å². The fourth-order valence-electron chi connectivity index (χ4n) is 5.35. The maximum absolute atomic E-state index is 11.6. The van der Waals surface area contributed by atoms with Crippen LogP contribution in [0.5, 0.6) is 17.2 Å². The molecule has 1 fully saturated rings. The van der Waals surface area contributed by atoms with Crippen molar-refractivity contribution in [2.75, 3.05) is 31.6 Å². The number of nitrogens with one attached hydrogen (secondary N) is 1. The molecule has 1 saturated heterocycles. The smallest absolute Gasteiger partial charge is 0.248 e. The molecule has 8 heteroatoms. The van der Waals surface area contributed by atoms with Crippen LogP contribution in [0.15, 0.2) is 66.9 Å². The Balaban J connectivity index is 1.08. The van der Waals surface area contributed by atoms with Crippen LogP contribution in [-0.4, -0.2) is 42.0 Å². The summed E-state index contributed by atoms with van der Waals surface area (Å²) in [7, 11) is 0. The van der Waals surface area contributed by atoms with Crippen LogP contribution in [0.4, 0.5) is 5.69 Å². The first kappa shape index (κ1) is 26.3. The van der Waals surface area contributed by atoms with Crippen LogP contribution in [-0.2, 0) is 13.0 Å². The molecule has 0 spiro atoms. The molecule has 40 heavy (non-hydrogen) atoms. The minimum atomic E-state index is -0.460. The zero-order valence-corrected chi connectivity index (χ0v) is 23.3. The quantitative estimate of drug-likeness (QED) is 0.231. The van der Waals surface area contributed by atoms with E-state index in [-0.39, 0.29) is 0 Å². The second-order valence-electron chi connectivity index (χ2n) is 10.4. The lowest BCUT2D eigenvalue weighted by molar-refractivity contribution is 0.100. The predicted octanol–water partition coefficient (Wildman–Crippen LogP) is 6.47. The number of rotatable bonds is 9. The molecule has 0 atom stereocenters. The van der Waals surface area contributed by atoms with Crippen LogP contribution in [0, 0.1) is 0 Å². The minimum absolute atomic E-state index is 0.450. The van der Waals surface area contributed by atoms with E-state index in [1.54, 1.807) is 29.5 Å². The summed E-state index contributed by atoms with van der Waals surface area (Å²) in [6.45, 7) is 4.92. The van der Waals surface area contributed by atoms with Gasteiger partial charge in [0.2, 0.25) is 5.91 Å². The first-order chi connectivity index (χ1) is 19.6. The molecule has 0 unspecified atom stereocenters. The Morgan fingerprint density at radius 2 is 1.90 bits per heavy atom. The molecule has 2 aliphatic heterocycles. The lowest BCUT2D eigenvalue weighted by Gasteiger charge is -2.26. The number of hydrogen-bond acceptors (Lipinski definition) is 7. The number of nitrogens with zero attached hydrogens (tertiary/aromatic N) is 2. The van der Waals surface area contributed by atoms with Crippen LogP contribution < -0.4 is 20.5 Å². The number of primary amides is 1. The zero-order chi connectivity index (χ0) is 27.3. The lowest BCUT2D eigenvalue weighted by Crippen LogP contribution is -2.31. The molecule has 6 rings (SSSR count). The Hall–Kier alpha value is -3.88.